The third-order valence-corrected chi connectivity index (χ3v) is 6.11. The van der Waals surface area contributed by atoms with Gasteiger partial charge in [-0.1, -0.05) is 39.7 Å². The van der Waals surface area contributed by atoms with Crippen LogP contribution >= 0.6 is 27.5 Å². The highest BCUT2D eigenvalue weighted by Crippen LogP contribution is 2.24. The molecule has 2 aromatic carbocycles. The SMILES string of the molecule is CC(=O)c1nn(CC(=O)N(CC(=O)CCc2cccc(Cl)c2F)C(C)C)c2ccc(Br)cc12. The largest absolute Gasteiger partial charge is 0.331 e. The summed E-state index contributed by atoms with van der Waals surface area (Å²) in [5, 5.41) is 5.01. The van der Waals surface area contributed by atoms with E-state index in [-0.39, 0.29) is 60.2 Å². The number of fused-ring (bicyclic) bond motifs is 1. The van der Waals surface area contributed by atoms with E-state index in [1.54, 1.807) is 24.3 Å². The zero-order chi connectivity index (χ0) is 24.3. The lowest BCUT2D eigenvalue weighted by Crippen LogP contribution is -2.42. The average molecular weight is 537 g/mol. The fourth-order valence-corrected chi connectivity index (χ4v) is 4.15. The van der Waals surface area contributed by atoms with Gasteiger partial charge in [-0.15, -0.1) is 0 Å². The Morgan fingerprint density at radius 2 is 1.94 bits per heavy atom. The number of ketones is 2. The number of carbonyl (C=O) groups excluding carboxylic acids is 3. The average Bonchev–Trinajstić information content (AvgIpc) is 3.10. The molecule has 0 atom stereocenters. The first kappa shape index (κ1) is 25.1. The fraction of sp³-hybridized carbons (Fsp3) is 0.333. The number of benzene rings is 2. The molecule has 3 rings (SSSR count). The second-order valence-electron chi connectivity index (χ2n) is 8.09. The Balaban J connectivity index is 1.73. The van der Waals surface area contributed by atoms with Gasteiger partial charge >= 0.3 is 0 Å². The van der Waals surface area contributed by atoms with E-state index in [2.05, 4.69) is 21.0 Å². The quantitative estimate of drug-likeness (QED) is 0.351. The van der Waals surface area contributed by atoms with Crippen LogP contribution in [0.2, 0.25) is 5.02 Å². The number of carbonyl (C=O) groups is 3. The van der Waals surface area contributed by atoms with Crippen molar-refractivity contribution in [1.29, 1.82) is 0 Å². The highest BCUT2D eigenvalue weighted by Gasteiger charge is 2.23. The molecule has 33 heavy (non-hydrogen) atoms. The van der Waals surface area contributed by atoms with E-state index in [1.165, 1.54) is 22.6 Å². The molecular weight excluding hydrogens is 513 g/mol. The van der Waals surface area contributed by atoms with Crippen molar-refractivity contribution < 1.29 is 18.8 Å². The molecule has 0 unspecified atom stereocenters. The number of amides is 1. The number of aryl methyl sites for hydroxylation is 1. The molecule has 1 amide bonds. The summed E-state index contributed by atoms with van der Waals surface area (Å²) < 4.78 is 16.4. The van der Waals surface area contributed by atoms with Gasteiger partial charge in [0.2, 0.25) is 5.91 Å². The summed E-state index contributed by atoms with van der Waals surface area (Å²) in [6.45, 7) is 4.86. The van der Waals surface area contributed by atoms with Crippen molar-refractivity contribution in [2.45, 2.75) is 46.2 Å². The maximum absolute atomic E-state index is 14.1. The van der Waals surface area contributed by atoms with E-state index in [0.29, 0.717) is 16.5 Å². The molecule has 0 spiro atoms. The maximum atomic E-state index is 14.1. The van der Waals surface area contributed by atoms with Gasteiger partial charge in [0.1, 0.15) is 18.1 Å². The standard InChI is InChI=1S/C24H24BrClFN3O3/c1-14(2)29(12-18(32)9-7-16-5-4-6-20(26)23(16)27)22(33)13-30-21-10-8-17(25)11-19(21)24(28-30)15(3)31/h4-6,8,10-11,14H,7,9,12-13H2,1-3H3. The normalized spacial score (nSPS) is 11.2. The van der Waals surface area contributed by atoms with Crippen LogP contribution in [0.15, 0.2) is 40.9 Å². The fourth-order valence-electron chi connectivity index (χ4n) is 3.59. The zero-order valence-corrected chi connectivity index (χ0v) is 20.9. The second kappa shape index (κ2) is 10.6. The second-order valence-corrected chi connectivity index (χ2v) is 9.41. The number of rotatable bonds is 9. The Kier molecular flexibility index (Phi) is 8.02. The summed E-state index contributed by atoms with van der Waals surface area (Å²) in [7, 11) is 0. The molecule has 0 saturated heterocycles. The molecule has 0 aliphatic rings. The molecule has 0 bridgehead atoms. The van der Waals surface area contributed by atoms with E-state index in [1.807, 2.05) is 19.9 Å². The minimum Gasteiger partial charge on any atom is -0.331 e. The molecule has 6 nitrogen and oxygen atoms in total. The summed E-state index contributed by atoms with van der Waals surface area (Å²) in [5.74, 6) is -1.21. The predicted octanol–water partition coefficient (Wildman–Crippen LogP) is 5.23. The van der Waals surface area contributed by atoms with Crippen molar-refractivity contribution in [3.8, 4) is 0 Å². The number of aromatic nitrogens is 2. The first-order valence-electron chi connectivity index (χ1n) is 10.5. The first-order chi connectivity index (χ1) is 15.6. The molecule has 0 aliphatic heterocycles. The molecule has 0 radical (unpaired) electrons. The van der Waals surface area contributed by atoms with Crippen LogP contribution in [-0.4, -0.2) is 44.7 Å². The van der Waals surface area contributed by atoms with Crippen LogP contribution in [0, 0.1) is 5.82 Å². The monoisotopic (exact) mass is 535 g/mol. The maximum Gasteiger partial charge on any atom is 0.244 e. The minimum absolute atomic E-state index is 0.0161. The predicted molar refractivity (Wildman–Crippen MR) is 129 cm³/mol. The molecule has 1 aromatic heterocycles. The van der Waals surface area contributed by atoms with E-state index >= 15 is 0 Å². The minimum atomic E-state index is -0.526. The molecular formula is C24H24BrClFN3O3. The molecule has 1 heterocycles. The molecule has 9 heteroatoms. The summed E-state index contributed by atoms with van der Waals surface area (Å²) in [4.78, 5) is 39.2. The Bertz CT molecular complexity index is 1230. The van der Waals surface area contributed by atoms with E-state index in [9.17, 15) is 18.8 Å². The van der Waals surface area contributed by atoms with Crippen molar-refractivity contribution in [1.82, 2.24) is 14.7 Å². The Morgan fingerprint density at radius 1 is 1.21 bits per heavy atom. The summed E-state index contributed by atoms with van der Waals surface area (Å²) in [6.07, 6.45) is 0.285. The van der Waals surface area contributed by atoms with E-state index in [0.717, 1.165) is 4.47 Å². The van der Waals surface area contributed by atoms with Crippen LogP contribution in [0.4, 0.5) is 4.39 Å². The molecule has 0 aliphatic carbocycles. The van der Waals surface area contributed by atoms with Crippen LogP contribution in [0.5, 0.6) is 0 Å². The smallest absolute Gasteiger partial charge is 0.244 e. The van der Waals surface area contributed by atoms with Crippen LogP contribution in [0.25, 0.3) is 10.9 Å². The Morgan fingerprint density at radius 3 is 2.61 bits per heavy atom. The number of nitrogens with zero attached hydrogens (tertiary/aromatic N) is 3. The molecule has 174 valence electrons. The van der Waals surface area contributed by atoms with Crippen LogP contribution in [0.3, 0.4) is 0 Å². The molecule has 0 fully saturated rings. The lowest BCUT2D eigenvalue weighted by molar-refractivity contribution is -0.137. The summed E-state index contributed by atoms with van der Waals surface area (Å²) in [6, 6.07) is 9.84. The van der Waals surface area contributed by atoms with Gasteiger partial charge < -0.3 is 4.90 Å². The van der Waals surface area contributed by atoms with E-state index < -0.39 is 5.82 Å². The number of hydrogen-bond acceptors (Lipinski definition) is 4. The summed E-state index contributed by atoms with van der Waals surface area (Å²) in [5.41, 5.74) is 1.31. The van der Waals surface area contributed by atoms with Crippen molar-refractivity contribution >= 4 is 55.9 Å². The van der Waals surface area contributed by atoms with Gasteiger partial charge in [-0.05, 0) is 50.1 Å². The zero-order valence-electron chi connectivity index (χ0n) is 18.6. The highest BCUT2D eigenvalue weighted by atomic mass is 79.9. The van der Waals surface area contributed by atoms with Crippen molar-refractivity contribution in [2.75, 3.05) is 6.54 Å². The summed E-state index contributed by atoms with van der Waals surface area (Å²) >= 11 is 9.19. The van der Waals surface area contributed by atoms with Gasteiger partial charge in [0.05, 0.1) is 17.1 Å². The number of halogens is 3. The van der Waals surface area contributed by atoms with Gasteiger partial charge in [-0.2, -0.15) is 5.10 Å². The van der Waals surface area contributed by atoms with Crippen LogP contribution in [-0.2, 0) is 22.6 Å². The van der Waals surface area contributed by atoms with Gasteiger partial charge in [0, 0.05) is 29.2 Å². The third kappa shape index (κ3) is 5.86. The van der Waals surface area contributed by atoms with Gasteiger partial charge in [0.25, 0.3) is 0 Å². The topological polar surface area (TPSA) is 72.3 Å². The van der Waals surface area contributed by atoms with Crippen molar-refractivity contribution in [3.63, 3.8) is 0 Å². The van der Waals surface area contributed by atoms with Gasteiger partial charge in [0.15, 0.2) is 11.6 Å². The third-order valence-electron chi connectivity index (χ3n) is 5.33. The first-order valence-corrected chi connectivity index (χ1v) is 11.7. The number of hydrogen-bond donors (Lipinski definition) is 0. The Hall–Kier alpha value is -2.58. The Labute approximate surface area is 204 Å². The highest BCUT2D eigenvalue weighted by molar-refractivity contribution is 9.10. The van der Waals surface area contributed by atoms with Crippen molar-refractivity contribution in [3.05, 3.63) is 63.0 Å². The van der Waals surface area contributed by atoms with Gasteiger partial charge in [-0.25, -0.2) is 4.39 Å². The lowest BCUT2D eigenvalue weighted by atomic mass is 10.1. The molecule has 0 saturated carbocycles. The molecule has 3 aromatic rings. The van der Waals surface area contributed by atoms with E-state index in [4.69, 9.17) is 11.6 Å². The van der Waals surface area contributed by atoms with Gasteiger partial charge in [-0.3, -0.25) is 19.1 Å². The van der Waals surface area contributed by atoms with Crippen molar-refractivity contribution in [2.24, 2.45) is 0 Å². The van der Waals surface area contributed by atoms with Crippen LogP contribution < -0.4 is 0 Å². The lowest BCUT2D eigenvalue weighted by Gasteiger charge is -2.26. The number of Topliss-reactive ketones (excluding diaryl/α,β-unsaturated/α-hetero) is 2. The molecule has 0 N–H and O–H groups in total. The van der Waals surface area contributed by atoms with Crippen LogP contribution in [0.1, 0.15) is 43.2 Å².